The molecule has 0 aliphatic rings. The minimum Gasteiger partial charge on any atom is -0.374 e. The molecule has 0 bridgehead atoms. The highest BCUT2D eigenvalue weighted by molar-refractivity contribution is 5.83. The number of carbonyl (C=O) groups excluding carboxylic acids is 5. The van der Waals surface area contributed by atoms with Crippen molar-refractivity contribution < 1.29 is 42.9 Å². The van der Waals surface area contributed by atoms with Crippen molar-refractivity contribution in [1.29, 1.82) is 0 Å². The van der Waals surface area contributed by atoms with Crippen molar-refractivity contribution in [3.63, 3.8) is 0 Å². The second-order valence-electron chi connectivity index (χ2n) is 20.0. The van der Waals surface area contributed by atoms with Gasteiger partial charge in [0.1, 0.15) is 32.2 Å². The zero-order valence-corrected chi connectivity index (χ0v) is 44.5. The minimum atomic E-state index is 0.102. The maximum Gasteiger partial charge on any atom is 0.160 e. The van der Waals surface area contributed by atoms with Crippen LogP contribution in [0.25, 0.3) is 0 Å². The van der Waals surface area contributed by atoms with E-state index in [4.69, 9.17) is 18.9 Å². The van der Waals surface area contributed by atoms with E-state index < -0.39 is 0 Å². The fourth-order valence-corrected chi connectivity index (χ4v) is 4.24. The summed E-state index contributed by atoms with van der Waals surface area (Å²) in [6.45, 7) is 45.2. The highest BCUT2D eigenvalue weighted by Gasteiger charge is 2.09. The number of carbonyl (C=O) groups is 5. The predicted molar refractivity (Wildman–Crippen MR) is 262 cm³/mol. The van der Waals surface area contributed by atoms with Crippen molar-refractivity contribution in [2.75, 3.05) is 59.4 Å². The molecule has 0 heterocycles. The fourth-order valence-electron chi connectivity index (χ4n) is 4.24. The molecule has 10 heteroatoms. The molecule has 0 saturated carbocycles. The quantitative estimate of drug-likeness (QED) is 0.0651. The van der Waals surface area contributed by atoms with Crippen LogP contribution in [0, 0.1) is 53.3 Å². The summed E-state index contributed by atoms with van der Waals surface area (Å²) in [5.41, 5.74) is 0. The van der Waals surface area contributed by atoms with Crippen LogP contribution in [0.3, 0.4) is 0 Å². The third-order valence-electron chi connectivity index (χ3n) is 9.16. The lowest BCUT2D eigenvalue weighted by Crippen LogP contribution is -2.31. The van der Waals surface area contributed by atoms with E-state index in [9.17, 15) is 24.0 Å². The van der Waals surface area contributed by atoms with Gasteiger partial charge in [-0.15, -0.1) is 0 Å². The molecule has 0 spiro atoms. The van der Waals surface area contributed by atoms with Crippen LogP contribution in [0.15, 0.2) is 0 Å². The average Bonchev–Trinajstić information content (AvgIpc) is 3.16. The second kappa shape index (κ2) is 47.1. The summed E-state index contributed by atoms with van der Waals surface area (Å²) in [6.07, 6.45) is 8.94. The minimum absolute atomic E-state index is 0.102. The zero-order valence-electron chi connectivity index (χ0n) is 44.5. The lowest BCUT2D eigenvalue weighted by atomic mass is 10.1. The van der Waals surface area contributed by atoms with Crippen molar-refractivity contribution in [2.45, 2.75) is 196 Å². The van der Waals surface area contributed by atoms with Gasteiger partial charge in [0.05, 0.1) is 6.54 Å². The Hall–Kier alpha value is -1.85. The van der Waals surface area contributed by atoms with Gasteiger partial charge in [-0.1, -0.05) is 138 Å². The molecule has 0 aromatic rings. The zero-order chi connectivity index (χ0) is 49.2. The first kappa shape index (κ1) is 69.2. The summed E-state index contributed by atoms with van der Waals surface area (Å²) < 4.78 is 21.0. The molecular weight excluding hydrogens is 783 g/mol. The maximum absolute atomic E-state index is 11.1. The van der Waals surface area contributed by atoms with Crippen LogP contribution < -0.4 is 5.32 Å². The van der Waals surface area contributed by atoms with Crippen LogP contribution in [-0.2, 0) is 42.9 Å². The summed E-state index contributed by atoms with van der Waals surface area (Å²) >= 11 is 0. The first-order valence-corrected chi connectivity index (χ1v) is 24.4. The van der Waals surface area contributed by atoms with Gasteiger partial charge in [0.2, 0.25) is 0 Å². The molecule has 0 rings (SSSR count). The molecule has 0 amide bonds. The molecule has 0 aromatic carbocycles. The monoisotopic (exact) mass is 888 g/mol. The Morgan fingerprint density at radius 2 is 0.516 bits per heavy atom. The molecule has 1 N–H and O–H groups in total. The summed E-state index contributed by atoms with van der Waals surface area (Å²) in [7, 11) is 0. The fraction of sp³-hybridized carbons (Fsp3) is 0.904. The Labute approximate surface area is 384 Å². The van der Waals surface area contributed by atoms with Gasteiger partial charge >= 0.3 is 0 Å². The van der Waals surface area contributed by atoms with Gasteiger partial charge in [0.25, 0.3) is 0 Å². The summed E-state index contributed by atoms with van der Waals surface area (Å²) in [5, 5.41) is 3.08. The van der Waals surface area contributed by atoms with Gasteiger partial charge in [0.15, 0.2) is 23.1 Å². The number of ketones is 5. The molecule has 0 saturated heterocycles. The van der Waals surface area contributed by atoms with E-state index in [1.165, 1.54) is 25.7 Å². The summed E-state index contributed by atoms with van der Waals surface area (Å²) in [6, 6.07) is 0.405. The number of rotatable bonds is 32. The van der Waals surface area contributed by atoms with E-state index in [2.05, 4.69) is 60.7 Å². The smallest absolute Gasteiger partial charge is 0.160 e. The van der Waals surface area contributed by atoms with Crippen molar-refractivity contribution in [3.8, 4) is 0 Å². The van der Waals surface area contributed by atoms with Crippen molar-refractivity contribution in [3.05, 3.63) is 0 Å². The van der Waals surface area contributed by atoms with Gasteiger partial charge < -0.3 is 24.3 Å². The van der Waals surface area contributed by atoms with Crippen molar-refractivity contribution in [1.82, 2.24) is 5.32 Å². The molecule has 10 nitrogen and oxygen atoms in total. The topological polar surface area (TPSA) is 134 Å². The van der Waals surface area contributed by atoms with Gasteiger partial charge in [-0.2, -0.15) is 0 Å². The number of hydrogen-bond acceptors (Lipinski definition) is 10. The molecule has 0 radical (unpaired) electrons. The Bertz CT molecular complexity index is 911. The second-order valence-corrected chi connectivity index (χ2v) is 20.0. The first-order valence-electron chi connectivity index (χ1n) is 24.4. The number of Topliss-reactive ketones (excluding diaryl/α,β-unsaturated/α-hetero) is 5. The predicted octanol–water partition coefficient (Wildman–Crippen LogP) is 11.9. The van der Waals surface area contributed by atoms with E-state index in [0.29, 0.717) is 12.6 Å². The Morgan fingerprint density at radius 1 is 0.323 bits per heavy atom. The lowest BCUT2D eigenvalue weighted by molar-refractivity contribution is -0.127. The van der Waals surface area contributed by atoms with Crippen LogP contribution >= 0.6 is 0 Å². The van der Waals surface area contributed by atoms with Gasteiger partial charge in [-0.25, -0.2) is 0 Å². The number of ether oxygens (including phenoxy) is 4. The summed E-state index contributed by atoms with van der Waals surface area (Å²) in [5.74, 6) is 4.55. The molecule has 372 valence electrons. The van der Waals surface area contributed by atoms with E-state index in [-0.39, 0.29) is 84.9 Å². The third kappa shape index (κ3) is 62.4. The van der Waals surface area contributed by atoms with Crippen LogP contribution in [0.2, 0.25) is 0 Å². The van der Waals surface area contributed by atoms with E-state index in [1.54, 1.807) is 0 Å². The van der Waals surface area contributed by atoms with Gasteiger partial charge in [0, 0.05) is 62.1 Å². The molecular formula is C52H105NO9. The molecule has 62 heavy (non-hydrogen) atoms. The Morgan fingerprint density at radius 3 is 0.661 bits per heavy atom. The number of nitrogens with one attached hydrogen (secondary N) is 1. The molecule has 0 fully saturated rings. The van der Waals surface area contributed by atoms with E-state index in [1.807, 2.05) is 83.1 Å². The molecule has 0 aromatic heterocycles. The van der Waals surface area contributed by atoms with Crippen LogP contribution in [0.1, 0.15) is 190 Å². The highest BCUT2D eigenvalue weighted by Crippen LogP contribution is 2.06. The maximum atomic E-state index is 11.1. The standard InChI is InChI=1S/4C11H22O2.C8H17NO/c4*1-9(2)6-5-7-13-8-11(12)10(3)4;1-6(2)8(10)5-9-7(3)4/h4*9-10H,5-8H2,1-4H3;6-7,9H,5H2,1-4H3. The van der Waals surface area contributed by atoms with Crippen molar-refractivity contribution >= 4 is 28.9 Å². The first-order chi connectivity index (χ1) is 28.7. The third-order valence-corrected chi connectivity index (χ3v) is 9.16. The molecule has 0 aliphatic heterocycles. The van der Waals surface area contributed by atoms with E-state index in [0.717, 1.165) is 75.8 Å². The Kier molecular flexibility index (Phi) is 52.6. The lowest BCUT2D eigenvalue weighted by Gasteiger charge is -2.08. The molecule has 0 atom stereocenters. The van der Waals surface area contributed by atoms with Crippen LogP contribution in [0.5, 0.6) is 0 Å². The SMILES string of the molecule is CC(C)CCCOCC(=O)C(C)C.CC(C)CCCOCC(=O)C(C)C.CC(C)CCCOCC(=O)C(C)C.CC(C)CCCOCC(=O)C(C)C.CC(C)NCC(=O)C(C)C. The van der Waals surface area contributed by atoms with Gasteiger partial charge in [-0.05, 0) is 75.0 Å². The van der Waals surface area contributed by atoms with E-state index >= 15 is 0 Å². The summed E-state index contributed by atoms with van der Waals surface area (Å²) in [4.78, 5) is 55.4. The van der Waals surface area contributed by atoms with Crippen molar-refractivity contribution in [2.24, 2.45) is 53.3 Å². The number of hydrogen-bond donors (Lipinski definition) is 1. The normalized spacial score (nSPS) is 11.2. The average molecular weight is 888 g/mol. The molecule has 0 unspecified atom stereocenters. The van der Waals surface area contributed by atoms with Crippen LogP contribution in [-0.4, -0.2) is 94.4 Å². The highest BCUT2D eigenvalue weighted by atomic mass is 16.5. The van der Waals surface area contributed by atoms with Crippen LogP contribution in [0.4, 0.5) is 0 Å². The Balaban J connectivity index is -0.000000219. The van der Waals surface area contributed by atoms with Gasteiger partial charge in [-0.3, -0.25) is 24.0 Å². The largest absolute Gasteiger partial charge is 0.374 e. The molecule has 0 aliphatic carbocycles.